The fourth-order valence-electron chi connectivity index (χ4n) is 2.57. The maximum atomic E-state index is 12.7. The summed E-state index contributed by atoms with van der Waals surface area (Å²) in [5.41, 5.74) is 1.95. The lowest BCUT2D eigenvalue weighted by molar-refractivity contribution is 0.0691. The molecule has 1 unspecified atom stereocenters. The van der Waals surface area contributed by atoms with E-state index in [-0.39, 0.29) is 22.7 Å². The molecule has 0 saturated heterocycles. The zero-order valence-corrected chi connectivity index (χ0v) is 12.3. The lowest BCUT2D eigenvalue weighted by Gasteiger charge is -2.34. The highest BCUT2D eigenvalue weighted by molar-refractivity contribution is 7.12. The summed E-state index contributed by atoms with van der Waals surface area (Å²) >= 11 is 1.07. The molecule has 1 atom stereocenters. The molecular weight excluding hydrogens is 288 g/mol. The zero-order valence-electron chi connectivity index (χ0n) is 11.4. The second-order valence-electron chi connectivity index (χ2n) is 5.03. The lowest BCUT2D eigenvalue weighted by Crippen LogP contribution is -2.42. The summed E-state index contributed by atoms with van der Waals surface area (Å²) in [6.45, 7) is 2.00. The molecule has 0 radical (unpaired) electrons. The maximum absolute atomic E-state index is 12.7. The van der Waals surface area contributed by atoms with Gasteiger partial charge >= 0.3 is 5.97 Å². The van der Waals surface area contributed by atoms with Gasteiger partial charge in [-0.25, -0.2) is 9.78 Å². The summed E-state index contributed by atoms with van der Waals surface area (Å²) in [5.74, 6) is -1.34. The molecule has 6 heteroatoms. The van der Waals surface area contributed by atoms with E-state index in [1.807, 2.05) is 31.2 Å². The SMILES string of the molecule is CC1CCc2ccccc2N1C(=O)c1nc(C(=O)O)cs1. The predicted octanol–water partition coefficient (Wildman–Crippen LogP) is 2.82. The minimum absolute atomic E-state index is 0.0737. The first-order valence-corrected chi connectivity index (χ1v) is 7.56. The number of rotatable bonds is 2. The van der Waals surface area contributed by atoms with Crippen LogP contribution in [-0.4, -0.2) is 28.0 Å². The number of anilines is 1. The van der Waals surface area contributed by atoms with Gasteiger partial charge in [0.2, 0.25) is 0 Å². The van der Waals surface area contributed by atoms with Crippen molar-refractivity contribution < 1.29 is 14.7 Å². The average Bonchev–Trinajstić information content (AvgIpc) is 2.96. The topological polar surface area (TPSA) is 70.5 Å². The third-order valence-corrected chi connectivity index (χ3v) is 4.48. The molecule has 1 aliphatic rings. The summed E-state index contributed by atoms with van der Waals surface area (Å²) in [6.07, 6.45) is 1.83. The van der Waals surface area contributed by atoms with Crippen molar-refractivity contribution in [3.63, 3.8) is 0 Å². The molecule has 1 aliphatic heterocycles. The highest BCUT2D eigenvalue weighted by Crippen LogP contribution is 2.32. The van der Waals surface area contributed by atoms with Crippen LogP contribution in [0, 0.1) is 0 Å². The number of carboxylic acids is 1. The molecule has 0 aliphatic carbocycles. The standard InChI is InChI=1S/C15H14N2O3S/c1-9-6-7-10-4-2-3-5-12(10)17(9)14(18)13-16-11(8-21-13)15(19)20/h2-5,8-9H,6-7H2,1H3,(H,19,20). The van der Waals surface area contributed by atoms with E-state index in [0.29, 0.717) is 0 Å². The first-order chi connectivity index (χ1) is 10.1. The Labute approximate surface area is 125 Å². The number of para-hydroxylation sites is 1. The van der Waals surface area contributed by atoms with Crippen LogP contribution >= 0.6 is 11.3 Å². The van der Waals surface area contributed by atoms with Gasteiger partial charge in [0.05, 0.1) is 0 Å². The molecule has 2 aromatic rings. The molecule has 21 heavy (non-hydrogen) atoms. The number of benzene rings is 1. The van der Waals surface area contributed by atoms with Crippen LogP contribution < -0.4 is 4.90 Å². The number of aryl methyl sites for hydroxylation is 1. The van der Waals surface area contributed by atoms with E-state index in [9.17, 15) is 9.59 Å². The quantitative estimate of drug-likeness (QED) is 0.926. The van der Waals surface area contributed by atoms with Gasteiger partial charge < -0.3 is 10.0 Å². The Morgan fingerprint density at radius 2 is 2.14 bits per heavy atom. The van der Waals surface area contributed by atoms with Crippen molar-refractivity contribution >= 4 is 28.9 Å². The molecule has 1 amide bonds. The van der Waals surface area contributed by atoms with Crippen LogP contribution in [0.5, 0.6) is 0 Å². The van der Waals surface area contributed by atoms with E-state index >= 15 is 0 Å². The monoisotopic (exact) mass is 302 g/mol. The number of carboxylic acid groups (broad SMARTS) is 1. The highest BCUT2D eigenvalue weighted by atomic mass is 32.1. The highest BCUT2D eigenvalue weighted by Gasteiger charge is 2.30. The Hall–Kier alpha value is -2.21. The molecule has 108 valence electrons. The van der Waals surface area contributed by atoms with E-state index in [0.717, 1.165) is 35.4 Å². The molecule has 2 heterocycles. The van der Waals surface area contributed by atoms with Gasteiger partial charge in [0.25, 0.3) is 5.91 Å². The Bertz CT molecular complexity index is 710. The van der Waals surface area contributed by atoms with Gasteiger partial charge in [-0.3, -0.25) is 4.79 Å². The molecule has 0 spiro atoms. The Kier molecular flexibility index (Phi) is 3.47. The van der Waals surface area contributed by atoms with Gasteiger partial charge in [0.1, 0.15) is 0 Å². The van der Waals surface area contributed by atoms with Crippen molar-refractivity contribution in [2.24, 2.45) is 0 Å². The van der Waals surface area contributed by atoms with Gasteiger partial charge in [-0.15, -0.1) is 11.3 Å². The summed E-state index contributed by atoms with van der Waals surface area (Å²) < 4.78 is 0. The minimum atomic E-state index is -1.11. The van der Waals surface area contributed by atoms with Gasteiger partial charge in [-0.2, -0.15) is 0 Å². The van der Waals surface area contributed by atoms with Crippen LogP contribution in [0.1, 0.15) is 39.2 Å². The van der Waals surface area contributed by atoms with E-state index in [1.54, 1.807) is 4.90 Å². The van der Waals surface area contributed by atoms with Gasteiger partial charge in [0.15, 0.2) is 10.7 Å². The van der Waals surface area contributed by atoms with E-state index in [1.165, 1.54) is 5.38 Å². The number of carbonyl (C=O) groups excluding carboxylic acids is 1. The Morgan fingerprint density at radius 3 is 2.86 bits per heavy atom. The third-order valence-electron chi connectivity index (χ3n) is 3.65. The number of aromatic carboxylic acids is 1. The molecule has 0 bridgehead atoms. The Balaban J connectivity index is 1.98. The van der Waals surface area contributed by atoms with Gasteiger partial charge in [-0.05, 0) is 31.4 Å². The van der Waals surface area contributed by atoms with Crippen LogP contribution in [0.25, 0.3) is 0 Å². The van der Waals surface area contributed by atoms with Crippen molar-refractivity contribution in [3.8, 4) is 0 Å². The van der Waals surface area contributed by atoms with Gasteiger partial charge in [-0.1, -0.05) is 18.2 Å². The number of carbonyl (C=O) groups is 2. The number of aromatic nitrogens is 1. The number of fused-ring (bicyclic) bond motifs is 1. The summed E-state index contributed by atoms with van der Waals surface area (Å²) in [7, 11) is 0. The lowest BCUT2D eigenvalue weighted by atomic mass is 9.96. The van der Waals surface area contributed by atoms with E-state index in [2.05, 4.69) is 4.98 Å². The van der Waals surface area contributed by atoms with Crippen molar-refractivity contribution in [1.82, 2.24) is 4.98 Å². The molecule has 1 aromatic carbocycles. The smallest absolute Gasteiger partial charge is 0.355 e. The maximum Gasteiger partial charge on any atom is 0.355 e. The molecular formula is C15H14N2O3S. The molecule has 1 aromatic heterocycles. The van der Waals surface area contributed by atoms with Crippen LogP contribution in [0.3, 0.4) is 0 Å². The molecule has 1 N–H and O–H groups in total. The first-order valence-electron chi connectivity index (χ1n) is 6.68. The zero-order chi connectivity index (χ0) is 15.0. The Morgan fingerprint density at radius 1 is 1.38 bits per heavy atom. The third kappa shape index (κ3) is 2.42. The number of nitrogens with zero attached hydrogens (tertiary/aromatic N) is 2. The molecule has 0 saturated carbocycles. The van der Waals surface area contributed by atoms with Crippen molar-refractivity contribution in [3.05, 3.63) is 45.9 Å². The first kappa shape index (κ1) is 13.8. The number of amides is 1. The number of thiazole rings is 1. The number of hydrogen-bond donors (Lipinski definition) is 1. The average molecular weight is 302 g/mol. The van der Waals surface area contributed by atoms with E-state index in [4.69, 9.17) is 5.11 Å². The van der Waals surface area contributed by atoms with Crippen molar-refractivity contribution in [2.75, 3.05) is 4.90 Å². The predicted molar refractivity (Wildman–Crippen MR) is 80.1 cm³/mol. The summed E-state index contributed by atoms with van der Waals surface area (Å²) in [5, 5.41) is 10.5. The largest absolute Gasteiger partial charge is 0.476 e. The normalized spacial score (nSPS) is 17.4. The second kappa shape index (κ2) is 5.29. The fourth-order valence-corrected chi connectivity index (χ4v) is 3.30. The molecule has 0 fully saturated rings. The van der Waals surface area contributed by atoms with Gasteiger partial charge in [0, 0.05) is 17.1 Å². The van der Waals surface area contributed by atoms with Crippen LogP contribution in [-0.2, 0) is 6.42 Å². The fraction of sp³-hybridized carbons (Fsp3) is 0.267. The van der Waals surface area contributed by atoms with E-state index < -0.39 is 5.97 Å². The molecule has 5 nitrogen and oxygen atoms in total. The van der Waals surface area contributed by atoms with Crippen LogP contribution in [0.15, 0.2) is 29.6 Å². The minimum Gasteiger partial charge on any atom is -0.476 e. The van der Waals surface area contributed by atoms with Crippen LogP contribution in [0.2, 0.25) is 0 Å². The summed E-state index contributed by atoms with van der Waals surface area (Å²) in [6, 6.07) is 7.88. The van der Waals surface area contributed by atoms with Crippen LogP contribution in [0.4, 0.5) is 5.69 Å². The number of hydrogen-bond acceptors (Lipinski definition) is 4. The summed E-state index contributed by atoms with van der Waals surface area (Å²) in [4.78, 5) is 29.2. The second-order valence-corrected chi connectivity index (χ2v) is 5.89. The van der Waals surface area contributed by atoms with Crippen molar-refractivity contribution in [1.29, 1.82) is 0 Å². The van der Waals surface area contributed by atoms with Crippen molar-refractivity contribution in [2.45, 2.75) is 25.8 Å². The molecule has 3 rings (SSSR count).